The van der Waals surface area contributed by atoms with E-state index in [-0.39, 0.29) is 17.3 Å². The summed E-state index contributed by atoms with van der Waals surface area (Å²) >= 11 is 0. The van der Waals surface area contributed by atoms with E-state index in [1.54, 1.807) is 13.0 Å². The lowest BCUT2D eigenvalue weighted by molar-refractivity contribution is 0.0887. The summed E-state index contributed by atoms with van der Waals surface area (Å²) in [5.41, 5.74) is 0.858. The number of piperidine rings is 1. The van der Waals surface area contributed by atoms with Crippen LogP contribution in [0.5, 0.6) is 0 Å². The first kappa shape index (κ1) is 13.0. The third kappa shape index (κ3) is 2.88. The Morgan fingerprint density at radius 3 is 2.67 bits per heavy atom. The maximum absolute atomic E-state index is 13.2. The highest BCUT2D eigenvalue weighted by atomic mass is 19.1. The summed E-state index contributed by atoms with van der Waals surface area (Å²) in [5, 5.41) is 6.33. The second-order valence-electron chi connectivity index (χ2n) is 5.23. The molecule has 0 aromatic heterocycles. The number of carbonyl (C=O) groups is 1. The lowest BCUT2D eigenvalue weighted by atomic mass is 9.90. The van der Waals surface area contributed by atoms with Gasteiger partial charge in [0.05, 0.1) is 0 Å². The van der Waals surface area contributed by atoms with E-state index in [2.05, 4.69) is 17.6 Å². The van der Waals surface area contributed by atoms with Gasteiger partial charge in [-0.2, -0.15) is 0 Å². The lowest BCUT2D eigenvalue weighted by Gasteiger charge is -2.35. The topological polar surface area (TPSA) is 41.1 Å². The molecule has 0 unspecified atom stereocenters. The summed E-state index contributed by atoms with van der Waals surface area (Å²) in [4.78, 5) is 12.1. The average molecular weight is 250 g/mol. The zero-order valence-electron chi connectivity index (χ0n) is 10.8. The number of nitrogens with one attached hydrogen (secondary N) is 2. The van der Waals surface area contributed by atoms with Gasteiger partial charge in [-0.1, -0.05) is 0 Å². The van der Waals surface area contributed by atoms with E-state index in [0.717, 1.165) is 25.9 Å². The van der Waals surface area contributed by atoms with Crippen molar-refractivity contribution in [2.45, 2.75) is 32.2 Å². The average Bonchev–Trinajstić information content (AvgIpc) is 2.33. The minimum absolute atomic E-state index is 0.123. The number of amides is 1. The van der Waals surface area contributed by atoms with Gasteiger partial charge in [0.15, 0.2) is 0 Å². The van der Waals surface area contributed by atoms with Crippen LogP contribution in [0.1, 0.15) is 35.7 Å². The van der Waals surface area contributed by atoms with Crippen molar-refractivity contribution >= 4 is 5.91 Å². The van der Waals surface area contributed by atoms with E-state index >= 15 is 0 Å². The number of halogens is 1. The maximum Gasteiger partial charge on any atom is 0.251 e. The first-order valence-electron chi connectivity index (χ1n) is 6.30. The van der Waals surface area contributed by atoms with Crippen molar-refractivity contribution in [1.29, 1.82) is 0 Å². The number of rotatable bonds is 2. The number of hydrogen-bond acceptors (Lipinski definition) is 2. The molecule has 0 atom stereocenters. The van der Waals surface area contributed by atoms with Crippen LogP contribution in [-0.2, 0) is 0 Å². The van der Waals surface area contributed by atoms with Gasteiger partial charge in [-0.05, 0) is 63.5 Å². The van der Waals surface area contributed by atoms with Gasteiger partial charge in [0.25, 0.3) is 5.91 Å². The molecule has 0 spiro atoms. The van der Waals surface area contributed by atoms with Crippen LogP contribution in [0.2, 0.25) is 0 Å². The first-order chi connectivity index (χ1) is 8.50. The van der Waals surface area contributed by atoms with Crippen molar-refractivity contribution in [2.75, 3.05) is 13.1 Å². The summed E-state index contributed by atoms with van der Waals surface area (Å²) in [6.07, 6.45) is 1.83. The van der Waals surface area contributed by atoms with Gasteiger partial charge < -0.3 is 10.6 Å². The smallest absolute Gasteiger partial charge is 0.251 e. The minimum Gasteiger partial charge on any atom is -0.347 e. The van der Waals surface area contributed by atoms with E-state index in [0.29, 0.717) is 11.1 Å². The SMILES string of the molecule is Cc1cc(C(=O)NC2(C)CCNCC2)ccc1F. The van der Waals surface area contributed by atoms with Crippen LogP contribution in [0.3, 0.4) is 0 Å². The summed E-state index contributed by atoms with van der Waals surface area (Å²) in [7, 11) is 0. The molecule has 1 aliphatic heterocycles. The van der Waals surface area contributed by atoms with Gasteiger partial charge in [0.1, 0.15) is 5.82 Å². The number of aryl methyl sites for hydroxylation is 1. The van der Waals surface area contributed by atoms with Crippen molar-refractivity contribution in [3.8, 4) is 0 Å². The molecule has 4 heteroatoms. The summed E-state index contributed by atoms with van der Waals surface area (Å²) < 4.78 is 13.2. The van der Waals surface area contributed by atoms with E-state index in [1.165, 1.54) is 12.1 Å². The van der Waals surface area contributed by atoms with Gasteiger partial charge >= 0.3 is 0 Å². The normalized spacial score (nSPS) is 18.4. The van der Waals surface area contributed by atoms with Crippen molar-refractivity contribution in [2.24, 2.45) is 0 Å². The first-order valence-corrected chi connectivity index (χ1v) is 6.30. The van der Waals surface area contributed by atoms with Crippen molar-refractivity contribution in [3.05, 3.63) is 35.1 Å². The van der Waals surface area contributed by atoms with E-state index in [4.69, 9.17) is 0 Å². The van der Waals surface area contributed by atoms with Crippen LogP contribution < -0.4 is 10.6 Å². The second-order valence-corrected chi connectivity index (χ2v) is 5.23. The van der Waals surface area contributed by atoms with Crippen LogP contribution in [-0.4, -0.2) is 24.5 Å². The van der Waals surface area contributed by atoms with Gasteiger partial charge in [-0.15, -0.1) is 0 Å². The Labute approximate surface area is 107 Å². The molecule has 1 amide bonds. The predicted molar refractivity (Wildman–Crippen MR) is 69.1 cm³/mol. The van der Waals surface area contributed by atoms with Crippen LogP contribution in [0.4, 0.5) is 4.39 Å². The summed E-state index contributed by atoms with van der Waals surface area (Å²) in [5.74, 6) is -0.401. The molecule has 98 valence electrons. The maximum atomic E-state index is 13.2. The third-order valence-electron chi connectivity index (χ3n) is 3.54. The van der Waals surface area contributed by atoms with Crippen LogP contribution >= 0.6 is 0 Å². The predicted octanol–water partition coefficient (Wildman–Crippen LogP) is 2.01. The van der Waals surface area contributed by atoms with Crippen molar-refractivity contribution in [1.82, 2.24) is 10.6 Å². The highest BCUT2D eigenvalue weighted by Gasteiger charge is 2.28. The van der Waals surface area contributed by atoms with E-state index in [1.807, 2.05) is 0 Å². The zero-order valence-corrected chi connectivity index (χ0v) is 10.8. The Balaban J connectivity index is 2.09. The molecular weight excluding hydrogens is 231 g/mol. The summed E-state index contributed by atoms with van der Waals surface area (Å²) in [6.45, 7) is 5.55. The van der Waals surface area contributed by atoms with Gasteiger partial charge in [0, 0.05) is 11.1 Å². The molecular formula is C14H19FN2O. The lowest BCUT2D eigenvalue weighted by Crippen LogP contribution is -2.52. The monoisotopic (exact) mass is 250 g/mol. The molecule has 18 heavy (non-hydrogen) atoms. The van der Waals surface area contributed by atoms with Crippen LogP contribution in [0.15, 0.2) is 18.2 Å². The van der Waals surface area contributed by atoms with Crippen LogP contribution in [0, 0.1) is 12.7 Å². The molecule has 2 rings (SSSR count). The zero-order chi connectivity index (χ0) is 13.2. The molecule has 1 aromatic rings. The Morgan fingerprint density at radius 2 is 2.06 bits per heavy atom. The number of benzene rings is 1. The van der Waals surface area contributed by atoms with Crippen LogP contribution in [0.25, 0.3) is 0 Å². The molecule has 3 nitrogen and oxygen atoms in total. The highest BCUT2D eigenvalue weighted by Crippen LogP contribution is 2.18. The number of carbonyl (C=O) groups excluding carboxylic acids is 1. The molecule has 2 N–H and O–H groups in total. The van der Waals surface area contributed by atoms with Crippen molar-refractivity contribution in [3.63, 3.8) is 0 Å². The Kier molecular flexibility index (Phi) is 3.66. The van der Waals surface area contributed by atoms with Gasteiger partial charge in [-0.3, -0.25) is 4.79 Å². The molecule has 1 saturated heterocycles. The Bertz CT molecular complexity index is 453. The largest absolute Gasteiger partial charge is 0.347 e. The molecule has 1 aliphatic rings. The fourth-order valence-corrected chi connectivity index (χ4v) is 2.24. The second kappa shape index (κ2) is 5.06. The van der Waals surface area contributed by atoms with Gasteiger partial charge in [-0.25, -0.2) is 4.39 Å². The molecule has 0 bridgehead atoms. The highest BCUT2D eigenvalue weighted by molar-refractivity contribution is 5.94. The molecule has 0 radical (unpaired) electrons. The van der Waals surface area contributed by atoms with Crippen molar-refractivity contribution < 1.29 is 9.18 Å². The standard InChI is InChI=1S/C14H19FN2O/c1-10-9-11(3-4-12(10)15)13(18)17-14(2)5-7-16-8-6-14/h3-4,9,16H,5-8H2,1-2H3,(H,17,18). The van der Waals surface area contributed by atoms with E-state index < -0.39 is 0 Å². The minimum atomic E-state index is -0.278. The van der Waals surface area contributed by atoms with E-state index in [9.17, 15) is 9.18 Å². The molecule has 1 heterocycles. The molecule has 1 fully saturated rings. The quantitative estimate of drug-likeness (QED) is 0.843. The fraction of sp³-hybridized carbons (Fsp3) is 0.500. The summed E-state index contributed by atoms with van der Waals surface area (Å²) in [6, 6.07) is 4.46. The fourth-order valence-electron chi connectivity index (χ4n) is 2.24. The molecule has 1 aromatic carbocycles. The Hall–Kier alpha value is -1.42. The Morgan fingerprint density at radius 1 is 1.39 bits per heavy atom. The molecule has 0 saturated carbocycles. The number of hydrogen-bond donors (Lipinski definition) is 2. The molecule has 0 aliphatic carbocycles. The third-order valence-corrected chi connectivity index (χ3v) is 3.54. The van der Waals surface area contributed by atoms with Gasteiger partial charge in [0.2, 0.25) is 0 Å².